The summed E-state index contributed by atoms with van der Waals surface area (Å²) in [6.07, 6.45) is 0. The van der Waals surface area contributed by atoms with Crippen molar-refractivity contribution in [3.63, 3.8) is 0 Å². The average molecular weight is 200 g/mol. The molecule has 0 fully saturated rings. The molecule has 2 heteroatoms. The van der Waals surface area contributed by atoms with Crippen molar-refractivity contribution in [2.45, 2.75) is 11.9 Å². The number of hydrogen-bond donors (Lipinski definition) is 1. The highest BCUT2D eigenvalue weighted by Crippen LogP contribution is 2.19. The summed E-state index contributed by atoms with van der Waals surface area (Å²) < 4.78 is 0. The Kier molecular flexibility index (Phi) is 2.46. The van der Waals surface area contributed by atoms with Gasteiger partial charge in [0.15, 0.2) is 0 Å². The molecular formula is C8H10BrN. The zero-order valence-corrected chi connectivity index (χ0v) is 7.43. The van der Waals surface area contributed by atoms with E-state index in [9.17, 15) is 0 Å². The van der Waals surface area contributed by atoms with Crippen molar-refractivity contribution in [3.05, 3.63) is 35.4 Å². The van der Waals surface area contributed by atoms with Crippen molar-refractivity contribution in [1.82, 2.24) is 0 Å². The number of alkyl halides is 1. The predicted octanol–water partition coefficient (Wildman–Crippen LogP) is 2.35. The van der Waals surface area contributed by atoms with Crippen molar-refractivity contribution >= 4 is 15.9 Å². The van der Waals surface area contributed by atoms with Gasteiger partial charge in [0.05, 0.1) is 4.95 Å². The number of aryl methyl sites for hydroxylation is 1. The maximum atomic E-state index is 5.63. The third kappa shape index (κ3) is 1.58. The van der Waals surface area contributed by atoms with Gasteiger partial charge in [0.25, 0.3) is 0 Å². The Hall–Kier alpha value is -0.340. The fourth-order valence-corrected chi connectivity index (χ4v) is 1.41. The molecule has 54 valence electrons. The summed E-state index contributed by atoms with van der Waals surface area (Å²) in [5.74, 6) is 0. The summed E-state index contributed by atoms with van der Waals surface area (Å²) in [6, 6.07) is 8.07. The standard InChI is InChI=1S/C8H10BrN/c1-6-4-2-3-5-7(6)8(9)10/h2-5,8H,10H2,1H3/t8-/m1/s1. The van der Waals surface area contributed by atoms with Crippen LogP contribution in [0.3, 0.4) is 0 Å². The second-order valence-electron chi connectivity index (χ2n) is 2.26. The second-order valence-corrected chi connectivity index (χ2v) is 3.24. The zero-order valence-electron chi connectivity index (χ0n) is 5.84. The van der Waals surface area contributed by atoms with Gasteiger partial charge < -0.3 is 5.73 Å². The third-order valence-corrected chi connectivity index (χ3v) is 1.98. The smallest absolute Gasteiger partial charge is 0.0864 e. The van der Waals surface area contributed by atoms with Gasteiger partial charge >= 0.3 is 0 Å². The Balaban J connectivity index is 3.03. The zero-order chi connectivity index (χ0) is 7.56. The lowest BCUT2D eigenvalue weighted by molar-refractivity contribution is 1.04. The number of benzene rings is 1. The summed E-state index contributed by atoms with van der Waals surface area (Å²) >= 11 is 3.31. The average Bonchev–Trinajstić information content (AvgIpc) is 1.88. The summed E-state index contributed by atoms with van der Waals surface area (Å²) in [6.45, 7) is 2.05. The molecule has 0 heterocycles. The van der Waals surface area contributed by atoms with Crippen LogP contribution in [0.15, 0.2) is 24.3 Å². The maximum absolute atomic E-state index is 5.63. The summed E-state index contributed by atoms with van der Waals surface area (Å²) in [5, 5.41) is 0. The van der Waals surface area contributed by atoms with Crippen molar-refractivity contribution < 1.29 is 0 Å². The highest BCUT2D eigenvalue weighted by atomic mass is 79.9. The second kappa shape index (κ2) is 3.17. The van der Waals surface area contributed by atoms with Gasteiger partial charge in [-0.05, 0) is 18.1 Å². The van der Waals surface area contributed by atoms with E-state index in [1.165, 1.54) is 5.56 Å². The van der Waals surface area contributed by atoms with Crippen LogP contribution in [-0.4, -0.2) is 0 Å². The molecule has 2 N–H and O–H groups in total. The molecule has 0 radical (unpaired) electrons. The minimum atomic E-state index is -0.0336. The molecule has 10 heavy (non-hydrogen) atoms. The minimum Gasteiger partial charge on any atom is -0.315 e. The highest BCUT2D eigenvalue weighted by molar-refractivity contribution is 9.09. The molecule has 0 aliphatic heterocycles. The van der Waals surface area contributed by atoms with E-state index in [0.29, 0.717) is 0 Å². The fourth-order valence-electron chi connectivity index (χ4n) is 0.896. The molecule has 1 atom stereocenters. The molecule has 0 aliphatic rings. The van der Waals surface area contributed by atoms with Gasteiger partial charge in [-0.25, -0.2) is 0 Å². The molecule has 1 rings (SSSR count). The van der Waals surface area contributed by atoms with Crippen molar-refractivity contribution in [3.8, 4) is 0 Å². The van der Waals surface area contributed by atoms with Gasteiger partial charge in [0, 0.05) is 0 Å². The molecule has 1 aromatic rings. The van der Waals surface area contributed by atoms with Crippen LogP contribution in [0.5, 0.6) is 0 Å². The van der Waals surface area contributed by atoms with E-state index in [1.807, 2.05) is 18.2 Å². The first-order chi connectivity index (χ1) is 4.72. The number of halogens is 1. The monoisotopic (exact) mass is 199 g/mol. The molecule has 0 saturated carbocycles. The number of rotatable bonds is 1. The van der Waals surface area contributed by atoms with Gasteiger partial charge in [-0.15, -0.1) is 0 Å². The first kappa shape index (κ1) is 7.76. The summed E-state index contributed by atoms with van der Waals surface area (Å²) in [7, 11) is 0. The Bertz CT molecular complexity index is 220. The molecule has 0 unspecified atom stereocenters. The molecule has 0 saturated heterocycles. The molecule has 0 aromatic heterocycles. The third-order valence-electron chi connectivity index (χ3n) is 1.49. The normalized spacial score (nSPS) is 13.1. The van der Waals surface area contributed by atoms with E-state index >= 15 is 0 Å². The van der Waals surface area contributed by atoms with Crippen molar-refractivity contribution in [2.24, 2.45) is 5.73 Å². The Morgan fingerprint density at radius 3 is 2.40 bits per heavy atom. The number of nitrogens with two attached hydrogens (primary N) is 1. The van der Waals surface area contributed by atoms with E-state index < -0.39 is 0 Å². The van der Waals surface area contributed by atoms with Crippen LogP contribution in [0.25, 0.3) is 0 Å². The fraction of sp³-hybridized carbons (Fsp3) is 0.250. The Morgan fingerprint density at radius 2 is 2.00 bits per heavy atom. The van der Waals surface area contributed by atoms with E-state index in [2.05, 4.69) is 28.9 Å². The topological polar surface area (TPSA) is 26.0 Å². The summed E-state index contributed by atoms with van der Waals surface area (Å²) in [4.78, 5) is -0.0336. The van der Waals surface area contributed by atoms with Crippen LogP contribution in [0.2, 0.25) is 0 Å². The Morgan fingerprint density at radius 1 is 1.40 bits per heavy atom. The van der Waals surface area contributed by atoms with Crippen molar-refractivity contribution in [2.75, 3.05) is 0 Å². The maximum Gasteiger partial charge on any atom is 0.0864 e. The highest BCUT2D eigenvalue weighted by Gasteiger charge is 2.01. The van der Waals surface area contributed by atoms with E-state index in [4.69, 9.17) is 5.73 Å². The van der Waals surface area contributed by atoms with Gasteiger partial charge in [-0.3, -0.25) is 0 Å². The van der Waals surface area contributed by atoms with Gasteiger partial charge in [-0.1, -0.05) is 40.2 Å². The Labute approximate surface area is 69.4 Å². The molecule has 1 nitrogen and oxygen atoms in total. The largest absolute Gasteiger partial charge is 0.315 e. The van der Waals surface area contributed by atoms with Crippen LogP contribution in [0, 0.1) is 6.92 Å². The molecular weight excluding hydrogens is 190 g/mol. The van der Waals surface area contributed by atoms with E-state index in [-0.39, 0.29) is 4.95 Å². The lowest BCUT2D eigenvalue weighted by atomic mass is 10.1. The molecule has 0 aliphatic carbocycles. The van der Waals surface area contributed by atoms with Crippen LogP contribution in [0.1, 0.15) is 16.1 Å². The van der Waals surface area contributed by atoms with Crippen molar-refractivity contribution in [1.29, 1.82) is 0 Å². The van der Waals surface area contributed by atoms with Gasteiger partial charge in [-0.2, -0.15) is 0 Å². The quantitative estimate of drug-likeness (QED) is 0.546. The first-order valence-electron chi connectivity index (χ1n) is 3.17. The van der Waals surface area contributed by atoms with Crippen LogP contribution in [-0.2, 0) is 0 Å². The van der Waals surface area contributed by atoms with Crippen LogP contribution in [0.4, 0.5) is 0 Å². The van der Waals surface area contributed by atoms with E-state index in [0.717, 1.165) is 5.56 Å². The first-order valence-corrected chi connectivity index (χ1v) is 4.08. The molecule has 0 spiro atoms. The van der Waals surface area contributed by atoms with Crippen LogP contribution < -0.4 is 5.73 Å². The lowest BCUT2D eigenvalue weighted by Crippen LogP contribution is -2.02. The molecule has 0 amide bonds. The van der Waals surface area contributed by atoms with Gasteiger partial charge in [0.2, 0.25) is 0 Å². The minimum absolute atomic E-state index is 0.0336. The summed E-state index contributed by atoms with van der Waals surface area (Å²) in [5.41, 5.74) is 8.01. The number of hydrogen-bond acceptors (Lipinski definition) is 1. The van der Waals surface area contributed by atoms with Gasteiger partial charge in [0.1, 0.15) is 0 Å². The molecule has 1 aromatic carbocycles. The predicted molar refractivity (Wildman–Crippen MR) is 47.0 cm³/mol. The lowest BCUT2D eigenvalue weighted by Gasteiger charge is -2.05. The molecule has 0 bridgehead atoms. The van der Waals surface area contributed by atoms with Crippen LogP contribution >= 0.6 is 15.9 Å². The van der Waals surface area contributed by atoms with E-state index in [1.54, 1.807) is 0 Å². The SMILES string of the molecule is Cc1ccccc1[C@@H](N)Br.